The summed E-state index contributed by atoms with van der Waals surface area (Å²) in [6.07, 6.45) is 0.376. The van der Waals surface area contributed by atoms with Crippen LogP contribution in [0.15, 0.2) is 30.3 Å². The molecule has 2 heterocycles. The SMILES string of the molecule is Cc1cc2c(NCc3ccc(C(=O)NC(CC(C)C)C(=O)O)cc3)nc(Cl)nc2s1. The Hall–Kier alpha value is -2.71. The topological polar surface area (TPSA) is 104 Å². The standard InChI is InChI=1S/C21H23ClN4O3S/c1-11(2)8-16(20(28)29)24-18(27)14-6-4-13(5-7-14)10-23-17-15-9-12(3)30-19(15)26-21(22)25-17/h4-7,9,11,16H,8,10H2,1-3H3,(H,24,27)(H,28,29)(H,23,25,26). The van der Waals surface area contributed by atoms with E-state index in [1.54, 1.807) is 23.5 Å². The summed E-state index contributed by atoms with van der Waals surface area (Å²) in [5.74, 6) is -0.611. The lowest BCUT2D eigenvalue weighted by molar-refractivity contribution is -0.139. The highest BCUT2D eigenvalue weighted by Crippen LogP contribution is 2.29. The number of fused-ring (bicyclic) bond motifs is 1. The van der Waals surface area contributed by atoms with Gasteiger partial charge in [-0.2, -0.15) is 0 Å². The number of amides is 1. The molecule has 3 N–H and O–H groups in total. The lowest BCUT2D eigenvalue weighted by Crippen LogP contribution is -2.41. The zero-order valence-corrected chi connectivity index (χ0v) is 18.5. The van der Waals surface area contributed by atoms with Crippen LogP contribution in [0.4, 0.5) is 5.82 Å². The van der Waals surface area contributed by atoms with Gasteiger partial charge in [0.05, 0.1) is 5.39 Å². The molecule has 1 aromatic carbocycles. The van der Waals surface area contributed by atoms with Gasteiger partial charge in [0.15, 0.2) is 0 Å². The van der Waals surface area contributed by atoms with E-state index in [0.717, 1.165) is 20.7 Å². The van der Waals surface area contributed by atoms with E-state index in [4.69, 9.17) is 11.6 Å². The molecule has 1 atom stereocenters. The molecule has 0 spiro atoms. The van der Waals surface area contributed by atoms with Crippen LogP contribution in [0.5, 0.6) is 0 Å². The maximum atomic E-state index is 12.4. The molecular formula is C21H23ClN4O3S. The minimum Gasteiger partial charge on any atom is -0.480 e. The summed E-state index contributed by atoms with van der Waals surface area (Å²) < 4.78 is 0. The lowest BCUT2D eigenvalue weighted by atomic mass is 10.0. The zero-order valence-electron chi connectivity index (χ0n) is 16.9. The molecule has 1 amide bonds. The van der Waals surface area contributed by atoms with E-state index in [0.29, 0.717) is 24.3 Å². The highest BCUT2D eigenvalue weighted by atomic mass is 35.5. The number of carbonyl (C=O) groups is 2. The summed E-state index contributed by atoms with van der Waals surface area (Å²) in [5, 5.41) is 16.3. The van der Waals surface area contributed by atoms with E-state index < -0.39 is 17.9 Å². The molecule has 0 saturated heterocycles. The third-order valence-electron chi connectivity index (χ3n) is 4.48. The number of aromatic nitrogens is 2. The van der Waals surface area contributed by atoms with Crippen molar-refractivity contribution in [2.45, 2.75) is 39.8 Å². The fraction of sp³-hybridized carbons (Fsp3) is 0.333. The maximum Gasteiger partial charge on any atom is 0.326 e. The van der Waals surface area contributed by atoms with Crippen molar-refractivity contribution in [3.05, 3.63) is 51.6 Å². The van der Waals surface area contributed by atoms with Crippen molar-refractivity contribution in [3.63, 3.8) is 0 Å². The van der Waals surface area contributed by atoms with Crippen LogP contribution in [0.1, 0.15) is 41.1 Å². The number of aliphatic carboxylic acids is 1. The van der Waals surface area contributed by atoms with E-state index in [9.17, 15) is 14.7 Å². The van der Waals surface area contributed by atoms with Gasteiger partial charge in [0, 0.05) is 17.0 Å². The molecule has 0 bridgehead atoms. The Morgan fingerprint density at radius 3 is 2.53 bits per heavy atom. The molecule has 1 unspecified atom stereocenters. The summed E-state index contributed by atoms with van der Waals surface area (Å²) in [4.78, 5) is 34.2. The molecule has 3 aromatic rings. The molecule has 0 aliphatic rings. The fourth-order valence-electron chi connectivity index (χ4n) is 3.04. The first-order chi connectivity index (χ1) is 14.2. The van der Waals surface area contributed by atoms with E-state index in [2.05, 4.69) is 20.6 Å². The summed E-state index contributed by atoms with van der Waals surface area (Å²) in [5.41, 5.74) is 1.35. The van der Waals surface area contributed by atoms with Crippen LogP contribution in [-0.2, 0) is 11.3 Å². The van der Waals surface area contributed by atoms with Gasteiger partial charge in [0.1, 0.15) is 16.7 Å². The first kappa shape index (κ1) is 22.0. The molecule has 0 fully saturated rings. The third kappa shape index (κ3) is 5.46. The number of benzene rings is 1. The number of nitrogens with zero attached hydrogens (tertiary/aromatic N) is 2. The van der Waals surface area contributed by atoms with Crippen molar-refractivity contribution < 1.29 is 14.7 Å². The molecule has 30 heavy (non-hydrogen) atoms. The van der Waals surface area contributed by atoms with Crippen molar-refractivity contribution in [2.24, 2.45) is 5.92 Å². The molecule has 158 valence electrons. The van der Waals surface area contributed by atoms with Crippen molar-refractivity contribution in [2.75, 3.05) is 5.32 Å². The van der Waals surface area contributed by atoms with Gasteiger partial charge >= 0.3 is 5.97 Å². The quantitative estimate of drug-likeness (QED) is 0.440. The van der Waals surface area contributed by atoms with Crippen LogP contribution in [0.25, 0.3) is 10.2 Å². The highest BCUT2D eigenvalue weighted by Gasteiger charge is 2.21. The van der Waals surface area contributed by atoms with Gasteiger partial charge < -0.3 is 15.7 Å². The van der Waals surface area contributed by atoms with E-state index in [1.165, 1.54) is 0 Å². The van der Waals surface area contributed by atoms with Crippen molar-refractivity contribution in [1.82, 2.24) is 15.3 Å². The predicted molar refractivity (Wildman–Crippen MR) is 119 cm³/mol. The molecule has 7 nitrogen and oxygen atoms in total. The van der Waals surface area contributed by atoms with E-state index >= 15 is 0 Å². The number of hydrogen-bond donors (Lipinski definition) is 3. The number of aryl methyl sites for hydroxylation is 1. The molecule has 0 aliphatic carbocycles. The number of hydrogen-bond acceptors (Lipinski definition) is 6. The van der Waals surface area contributed by atoms with Gasteiger partial charge in [-0.25, -0.2) is 14.8 Å². The highest BCUT2D eigenvalue weighted by molar-refractivity contribution is 7.18. The second-order valence-corrected chi connectivity index (χ2v) is 9.03. The normalized spacial score (nSPS) is 12.2. The van der Waals surface area contributed by atoms with Crippen molar-refractivity contribution in [1.29, 1.82) is 0 Å². The smallest absolute Gasteiger partial charge is 0.326 e. The van der Waals surface area contributed by atoms with Crippen LogP contribution in [0, 0.1) is 12.8 Å². The minimum absolute atomic E-state index is 0.161. The monoisotopic (exact) mass is 446 g/mol. The average molecular weight is 447 g/mol. The van der Waals surface area contributed by atoms with E-state index in [-0.39, 0.29) is 11.2 Å². The Bertz CT molecular complexity index is 1070. The molecule has 0 radical (unpaired) electrons. The van der Waals surface area contributed by atoms with E-state index in [1.807, 2.05) is 39.0 Å². The number of carbonyl (C=O) groups excluding carboxylic acids is 1. The zero-order chi connectivity index (χ0) is 21.8. The Morgan fingerprint density at radius 2 is 1.90 bits per heavy atom. The fourth-order valence-corrected chi connectivity index (χ4v) is 4.14. The Kier molecular flexibility index (Phi) is 6.89. The van der Waals surface area contributed by atoms with Gasteiger partial charge in [-0.15, -0.1) is 11.3 Å². The van der Waals surface area contributed by atoms with Crippen molar-refractivity contribution in [3.8, 4) is 0 Å². The molecule has 2 aromatic heterocycles. The Morgan fingerprint density at radius 1 is 1.20 bits per heavy atom. The molecule has 0 aliphatic heterocycles. The molecule has 9 heteroatoms. The van der Waals surface area contributed by atoms with Gasteiger partial charge in [-0.1, -0.05) is 26.0 Å². The van der Waals surface area contributed by atoms with Gasteiger partial charge in [0.2, 0.25) is 5.28 Å². The number of carboxylic acids is 1. The third-order valence-corrected chi connectivity index (χ3v) is 5.59. The first-order valence-corrected chi connectivity index (χ1v) is 10.7. The number of halogens is 1. The van der Waals surface area contributed by atoms with Gasteiger partial charge in [-0.05, 0) is 54.6 Å². The van der Waals surface area contributed by atoms with Crippen LogP contribution in [-0.4, -0.2) is 33.0 Å². The van der Waals surface area contributed by atoms with Crippen LogP contribution < -0.4 is 10.6 Å². The molecule has 0 saturated carbocycles. The summed E-state index contributed by atoms with van der Waals surface area (Å²) >= 11 is 7.58. The number of nitrogens with one attached hydrogen (secondary N) is 2. The minimum atomic E-state index is -1.03. The number of thiophene rings is 1. The molecule has 3 rings (SSSR count). The summed E-state index contributed by atoms with van der Waals surface area (Å²) in [6, 6.07) is 8.11. The molecular weight excluding hydrogens is 424 g/mol. The predicted octanol–water partition coefficient (Wildman–Crippen LogP) is 4.49. The van der Waals surface area contributed by atoms with Crippen LogP contribution >= 0.6 is 22.9 Å². The van der Waals surface area contributed by atoms with Crippen molar-refractivity contribution >= 4 is 50.8 Å². The maximum absolute atomic E-state index is 12.4. The second-order valence-electron chi connectivity index (χ2n) is 7.46. The van der Waals surface area contributed by atoms with Gasteiger partial charge in [0.25, 0.3) is 5.91 Å². The van der Waals surface area contributed by atoms with Gasteiger partial charge in [-0.3, -0.25) is 4.79 Å². The average Bonchev–Trinajstić information content (AvgIpc) is 3.05. The van der Waals surface area contributed by atoms with Crippen LogP contribution in [0.2, 0.25) is 5.28 Å². The summed E-state index contributed by atoms with van der Waals surface area (Å²) in [6.45, 7) is 6.33. The number of carboxylic acid groups (broad SMARTS) is 1. The first-order valence-electron chi connectivity index (χ1n) is 9.53. The Balaban J connectivity index is 1.66. The summed E-state index contributed by atoms with van der Waals surface area (Å²) in [7, 11) is 0. The number of rotatable bonds is 8. The number of anilines is 1. The largest absolute Gasteiger partial charge is 0.480 e. The lowest BCUT2D eigenvalue weighted by Gasteiger charge is -2.16. The van der Waals surface area contributed by atoms with Crippen LogP contribution in [0.3, 0.4) is 0 Å². The Labute approximate surface area is 183 Å². The second kappa shape index (κ2) is 9.40.